The van der Waals surface area contributed by atoms with Gasteiger partial charge in [-0.1, -0.05) is 18.5 Å². The number of benzene rings is 2. The van der Waals surface area contributed by atoms with Gasteiger partial charge in [0.25, 0.3) is 0 Å². The van der Waals surface area contributed by atoms with Gasteiger partial charge in [-0.2, -0.15) is 18.8 Å². The third-order valence-electron chi connectivity index (χ3n) is 7.54. The number of rotatable bonds is 0. The summed E-state index contributed by atoms with van der Waals surface area (Å²) < 4.78 is 6.22. The quantitative estimate of drug-likeness (QED) is 0.285. The average Bonchev–Trinajstić information content (AvgIpc) is 3.42. The number of anilines is 4. The summed E-state index contributed by atoms with van der Waals surface area (Å²) in [5.41, 5.74) is 4.31. The molecule has 36 heavy (non-hydrogen) atoms. The van der Waals surface area contributed by atoms with Gasteiger partial charge in [-0.15, -0.1) is 48.8 Å². The summed E-state index contributed by atoms with van der Waals surface area (Å²) in [6.45, 7) is 8.78. The molecule has 4 heterocycles. The van der Waals surface area contributed by atoms with Crippen LogP contribution in [0.4, 0.5) is 23.0 Å². The van der Waals surface area contributed by atoms with E-state index in [2.05, 4.69) is 65.0 Å². The maximum absolute atomic E-state index is 6.22. The molecule has 2 atom stereocenters. The zero-order chi connectivity index (χ0) is 23.5. The van der Waals surface area contributed by atoms with Crippen LogP contribution in [0.3, 0.4) is 0 Å². The van der Waals surface area contributed by atoms with Crippen LogP contribution in [0.2, 0.25) is 0 Å². The summed E-state index contributed by atoms with van der Waals surface area (Å²) in [7, 11) is 0. The van der Waals surface area contributed by atoms with Gasteiger partial charge in [0.2, 0.25) is 0 Å². The van der Waals surface area contributed by atoms with Crippen molar-refractivity contribution in [2.24, 2.45) is 0 Å². The molecule has 0 radical (unpaired) electrons. The third kappa shape index (κ3) is 3.67. The monoisotopic (exact) mass is 657 g/mol. The summed E-state index contributed by atoms with van der Waals surface area (Å²) in [6, 6.07) is 19.4. The second-order valence-corrected chi connectivity index (χ2v) is 9.48. The van der Waals surface area contributed by atoms with Crippen LogP contribution >= 0.6 is 0 Å². The fourth-order valence-corrected chi connectivity index (χ4v) is 5.70. The minimum Gasteiger partial charge on any atom is -0.509 e. The first-order valence-corrected chi connectivity index (χ1v) is 12.2. The first kappa shape index (κ1) is 23.4. The van der Waals surface area contributed by atoms with Crippen molar-refractivity contribution < 1.29 is 25.8 Å². The molecule has 1 saturated carbocycles. The Balaban J connectivity index is 0.00000240. The molecule has 3 aromatic rings. The van der Waals surface area contributed by atoms with Crippen LogP contribution in [-0.2, 0) is 21.1 Å². The zero-order valence-corrected chi connectivity index (χ0v) is 22.4. The predicted molar refractivity (Wildman–Crippen MR) is 135 cm³/mol. The summed E-state index contributed by atoms with van der Waals surface area (Å²) >= 11 is 0. The van der Waals surface area contributed by atoms with Crippen LogP contribution in [0.25, 0.3) is 0 Å². The van der Waals surface area contributed by atoms with Crippen molar-refractivity contribution in [3.63, 3.8) is 0 Å². The van der Waals surface area contributed by atoms with E-state index in [0.29, 0.717) is 17.5 Å². The van der Waals surface area contributed by atoms with Gasteiger partial charge in [-0.25, -0.2) is 9.97 Å². The van der Waals surface area contributed by atoms with E-state index in [-0.39, 0.29) is 27.1 Å². The second-order valence-electron chi connectivity index (χ2n) is 9.48. The van der Waals surface area contributed by atoms with E-state index < -0.39 is 0 Å². The minimum atomic E-state index is 0. The predicted octanol–water partition coefficient (Wildman–Crippen LogP) is 5.76. The SMILES string of the molecule is CC1=C(C)N2[CH-]N1c1[c-]c(ccc1)Oc1[c-]c(ccc1)N1[CH-]N(c3nccnc31)C1CCCCC12.[Pt+4]. The van der Waals surface area contributed by atoms with Crippen LogP contribution in [-0.4, -0.2) is 27.0 Å². The van der Waals surface area contributed by atoms with Crippen molar-refractivity contribution in [1.82, 2.24) is 14.9 Å². The van der Waals surface area contributed by atoms with Crippen LogP contribution in [0.1, 0.15) is 39.5 Å². The van der Waals surface area contributed by atoms with Gasteiger partial charge in [0.05, 0.1) is 0 Å². The molecule has 8 bridgehead atoms. The molecule has 4 aliphatic rings. The number of nitrogens with zero attached hydrogens (tertiary/aromatic N) is 6. The number of aromatic nitrogens is 2. The summed E-state index contributed by atoms with van der Waals surface area (Å²) in [6.07, 6.45) is 8.16. The van der Waals surface area contributed by atoms with Gasteiger partial charge in [-0.05, 0) is 32.4 Å². The van der Waals surface area contributed by atoms with E-state index in [0.717, 1.165) is 35.9 Å². The van der Waals surface area contributed by atoms with Crippen LogP contribution in [0.15, 0.2) is 60.2 Å². The largest absolute Gasteiger partial charge is 4.00 e. The first-order chi connectivity index (χ1) is 17.2. The molecule has 2 aromatic carbocycles. The Kier molecular flexibility index (Phi) is 5.91. The molecular weight excluding hydrogens is 631 g/mol. The molecule has 184 valence electrons. The van der Waals surface area contributed by atoms with Crippen molar-refractivity contribution in [3.8, 4) is 11.5 Å². The van der Waals surface area contributed by atoms with Gasteiger partial charge < -0.3 is 24.3 Å². The maximum Gasteiger partial charge on any atom is 4.00 e. The molecule has 1 aliphatic carbocycles. The van der Waals surface area contributed by atoms with Gasteiger partial charge in [0, 0.05) is 41.7 Å². The summed E-state index contributed by atoms with van der Waals surface area (Å²) in [5.74, 6) is 3.01. The maximum atomic E-state index is 6.22. The molecule has 2 unspecified atom stereocenters. The molecule has 0 saturated heterocycles. The smallest absolute Gasteiger partial charge is 0.509 e. The van der Waals surface area contributed by atoms with Crippen molar-refractivity contribution in [2.75, 3.05) is 14.7 Å². The number of allylic oxidation sites excluding steroid dienone is 2. The van der Waals surface area contributed by atoms with E-state index in [1.807, 2.05) is 30.3 Å². The number of hydrogen-bond donors (Lipinski definition) is 0. The van der Waals surface area contributed by atoms with Crippen molar-refractivity contribution in [1.29, 1.82) is 0 Å². The fraction of sp³-hybridized carbons (Fsp3) is 0.286. The number of ether oxygens (including phenoxy) is 1. The topological polar surface area (TPSA) is 48.0 Å². The molecule has 0 spiro atoms. The molecular formula is C28H26N6OPt. The van der Waals surface area contributed by atoms with Crippen LogP contribution in [0.5, 0.6) is 11.5 Å². The molecule has 0 N–H and O–H groups in total. The molecule has 1 aromatic heterocycles. The molecule has 7 nitrogen and oxygen atoms in total. The van der Waals surface area contributed by atoms with Crippen LogP contribution < -0.4 is 19.4 Å². The average molecular weight is 658 g/mol. The van der Waals surface area contributed by atoms with E-state index in [4.69, 9.17) is 14.7 Å². The summed E-state index contributed by atoms with van der Waals surface area (Å²) in [4.78, 5) is 18.6. The molecule has 3 aliphatic heterocycles. The van der Waals surface area contributed by atoms with Crippen molar-refractivity contribution >= 4 is 23.0 Å². The van der Waals surface area contributed by atoms with E-state index in [1.165, 1.54) is 24.2 Å². The second kappa shape index (κ2) is 9.11. The van der Waals surface area contributed by atoms with E-state index in [9.17, 15) is 0 Å². The van der Waals surface area contributed by atoms with Gasteiger partial charge in [0.1, 0.15) is 11.6 Å². The zero-order valence-electron chi connectivity index (χ0n) is 20.2. The van der Waals surface area contributed by atoms with Gasteiger partial charge >= 0.3 is 21.1 Å². The van der Waals surface area contributed by atoms with Crippen LogP contribution in [0, 0.1) is 25.5 Å². The Morgan fingerprint density at radius 2 is 1.36 bits per heavy atom. The number of fused-ring (bicyclic) bond motifs is 16. The minimum absolute atomic E-state index is 0. The van der Waals surface area contributed by atoms with Gasteiger partial charge in [-0.3, -0.25) is 0 Å². The fourth-order valence-electron chi connectivity index (χ4n) is 5.70. The normalized spacial score (nSPS) is 22.3. The Morgan fingerprint density at radius 1 is 0.778 bits per heavy atom. The molecule has 1 fully saturated rings. The third-order valence-corrected chi connectivity index (χ3v) is 7.54. The van der Waals surface area contributed by atoms with Crippen molar-refractivity contribution in [3.05, 3.63) is 85.7 Å². The molecule has 0 amide bonds. The number of hydrogen-bond acceptors (Lipinski definition) is 7. The Hall–Kier alpha value is -3.05. The molecule has 7 rings (SSSR count). The van der Waals surface area contributed by atoms with E-state index in [1.54, 1.807) is 12.4 Å². The van der Waals surface area contributed by atoms with E-state index >= 15 is 0 Å². The molecule has 8 heteroatoms. The Labute approximate surface area is 226 Å². The Morgan fingerprint density at radius 3 is 2.06 bits per heavy atom. The summed E-state index contributed by atoms with van der Waals surface area (Å²) in [5, 5.41) is 0. The first-order valence-electron chi connectivity index (χ1n) is 12.2. The van der Waals surface area contributed by atoms with Gasteiger partial charge in [0.15, 0.2) is 0 Å². The van der Waals surface area contributed by atoms with Crippen molar-refractivity contribution in [2.45, 2.75) is 51.6 Å². The Bertz CT molecular complexity index is 1330. The standard InChI is InChI=1S/C28H26N6O.Pt/c1-19-20(2)32-17-31(19)21-7-5-9-23(15-21)35-24-10-6-8-22(16-24)33-18-34(26-12-4-3-11-25(26)32)28-27(33)29-13-14-30-28;/h5-10,13-14,17-18,25-26H,3-4,11-12H2,1-2H3;/q-4;+4.